The van der Waals surface area contributed by atoms with Crippen molar-refractivity contribution < 1.29 is 23.4 Å². The van der Waals surface area contributed by atoms with Crippen LogP contribution in [0.5, 0.6) is 0 Å². The van der Waals surface area contributed by atoms with Gasteiger partial charge >= 0.3 is 0 Å². The van der Waals surface area contributed by atoms with Gasteiger partial charge in [0, 0.05) is 22.8 Å². The Morgan fingerprint density at radius 2 is 1.78 bits per heavy atom. The van der Waals surface area contributed by atoms with Gasteiger partial charge in [-0.15, -0.1) is 12.6 Å². The summed E-state index contributed by atoms with van der Waals surface area (Å²) in [5.74, 6) is -1.39. The molecule has 2 N–H and O–H groups in total. The average molecular weight is 391 g/mol. The maximum Gasteiger partial charge on any atom is 0.134 e. The van der Waals surface area contributed by atoms with Crippen molar-refractivity contribution in [2.24, 2.45) is 0 Å². The molecule has 7 heteroatoms. The number of halogens is 3. The van der Waals surface area contributed by atoms with Crippen molar-refractivity contribution in [2.45, 2.75) is 48.2 Å². The molecule has 2 aromatic rings. The predicted octanol–water partition coefficient (Wildman–Crippen LogP) is 3.82. The summed E-state index contributed by atoms with van der Waals surface area (Å²) >= 11 is 4.30. The SMILES string of the molecule is N#Cc1cc(F)cc2c1[C@@H](c1ccc(S)c3c1C[C@@H](F)[C@H]3O)C[C@H](F)[C@H]2O. The lowest BCUT2D eigenvalue weighted by molar-refractivity contribution is 0.0599. The summed E-state index contributed by atoms with van der Waals surface area (Å²) in [5, 5.41) is 29.8. The Morgan fingerprint density at radius 1 is 1.04 bits per heavy atom. The maximum absolute atomic E-state index is 14.5. The molecule has 3 nitrogen and oxygen atoms in total. The van der Waals surface area contributed by atoms with Gasteiger partial charge in [0.2, 0.25) is 0 Å². The molecule has 4 rings (SSSR count). The Labute approximate surface area is 159 Å². The van der Waals surface area contributed by atoms with Crippen LogP contribution in [0.15, 0.2) is 29.2 Å². The second-order valence-corrected chi connectivity index (χ2v) is 7.53. The molecule has 0 aliphatic heterocycles. The monoisotopic (exact) mass is 391 g/mol. The second-order valence-electron chi connectivity index (χ2n) is 7.05. The number of nitriles is 1. The van der Waals surface area contributed by atoms with Crippen molar-refractivity contribution >= 4 is 12.6 Å². The van der Waals surface area contributed by atoms with Crippen molar-refractivity contribution in [1.29, 1.82) is 5.26 Å². The molecule has 0 radical (unpaired) electrons. The van der Waals surface area contributed by atoms with Crippen LogP contribution >= 0.6 is 12.6 Å². The van der Waals surface area contributed by atoms with Crippen LogP contribution in [0, 0.1) is 17.1 Å². The van der Waals surface area contributed by atoms with Crippen LogP contribution in [0.1, 0.15) is 57.9 Å². The number of aliphatic hydroxyl groups excluding tert-OH is 2. The van der Waals surface area contributed by atoms with Crippen molar-refractivity contribution in [3.63, 3.8) is 0 Å². The Balaban J connectivity index is 1.96. The number of hydrogen-bond donors (Lipinski definition) is 3. The minimum Gasteiger partial charge on any atom is -0.385 e. The van der Waals surface area contributed by atoms with Gasteiger partial charge in [0.15, 0.2) is 0 Å². The Hall–Kier alpha value is -2.01. The molecular formula is C20H16F3NO2S. The third kappa shape index (κ3) is 2.75. The fourth-order valence-corrected chi connectivity index (χ4v) is 4.70. The van der Waals surface area contributed by atoms with Crippen LogP contribution in [-0.2, 0) is 6.42 Å². The fraction of sp³-hybridized carbons (Fsp3) is 0.350. The molecule has 0 amide bonds. The van der Waals surface area contributed by atoms with Crippen LogP contribution in [0.4, 0.5) is 13.2 Å². The Kier molecular flexibility index (Phi) is 4.46. The second kappa shape index (κ2) is 6.55. The van der Waals surface area contributed by atoms with Gasteiger partial charge in [0.1, 0.15) is 30.4 Å². The van der Waals surface area contributed by atoms with Crippen LogP contribution in [0.3, 0.4) is 0 Å². The molecule has 0 spiro atoms. The van der Waals surface area contributed by atoms with Gasteiger partial charge in [0.25, 0.3) is 0 Å². The number of fused-ring (bicyclic) bond motifs is 2. The van der Waals surface area contributed by atoms with E-state index in [9.17, 15) is 28.6 Å². The number of benzene rings is 2. The molecule has 0 aromatic heterocycles. The molecule has 5 atom stereocenters. The number of nitrogens with zero attached hydrogens (tertiary/aromatic N) is 1. The summed E-state index contributed by atoms with van der Waals surface area (Å²) < 4.78 is 42.6. The summed E-state index contributed by atoms with van der Waals surface area (Å²) in [6, 6.07) is 7.29. The first kappa shape index (κ1) is 18.4. The molecular weight excluding hydrogens is 375 g/mol. The first-order valence-electron chi connectivity index (χ1n) is 8.55. The third-order valence-electron chi connectivity index (χ3n) is 5.55. The quantitative estimate of drug-likeness (QED) is 0.648. The highest BCUT2D eigenvalue weighted by Gasteiger charge is 2.41. The molecule has 0 bridgehead atoms. The molecule has 140 valence electrons. The first-order valence-corrected chi connectivity index (χ1v) is 9.00. The number of alkyl halides is 2. The molecule has 2 aromatic carbocycles. The largest absolute Gasteiger partial charge is 0.385 e. The lowest BCUT2D eigenvalue weighted by atomic mass is 9.73. The zero-order valence-electron chi connectivity index (χ0n) is 14.0. The Bertz CT molecular complexity index is 975. The topological polar surface area (TPSA) is 64.2 Å². The van der Waals surface area contributed by atoms with E-state index in [4.69, 9.17) is 0 Å². The van der Waals surface area contributed by atoms with E-state index in [0.29, 0.717) is 27.1 Å². The van der Waals surface area contributed by atoms with Crippen LogP contribution in [0.25, 0.3) is 0 Å². The van der Waals surface area contributed by atoms with Gasteiger partial charge in [-0.1, -0.05) is 6.07 Å². The minimum absolute atomic E-state index is 0.0139. The third-order valence-corrected chi connectivity index (χ3v) is 5.94. The first-order chi connectivity index (χ1) is 12.8. The summed E-state index contributed by atoms with van der Waals surface area (Å²) in [4.78, 5) is 0.439. The normalized spacial score (nSPS) is 29.1. The van der Waals surface area contributed by atoms with Crippen molar-refractivity contribution in [2.75, 3.05) is 0 Å². The standard InChI is InChI=1S/C20H16F3NO2S/c21-9-3-8(7-24)17-11(5-14(22)19(25)13(17)4-9)10-1-2-16(27)18-12(10)6-15(23)20(18)26/h1-4,11,14-15,19-20,25-27H,5-6H2/t11-,14+,15-,19+,20-/m1/s1. The summed E-state index contributed by atoms with van der Waals surface area (Å²) in [6.45, 7) is 0. The Morgan fingerprint density at radius 3 is 2.48 bits per heavy atom. The van der Waals surface area contributed by atoms with E-state index >= 15 is 0 Å². The molecule has 0 unspecified atom stereocenters. The van der Waals surface area contributed by atoms with E-state index in [2.05, 4.69) is 12.6 Å². The van der Waals surface area contributed by atoms with Gasteiger partial charge < -0.3 is 10.2 Å². The average Bonchev–Trinajstić information content (AvgIpc) is 2.94. The van der Waals surface area contributed by atoms with Gasteiger partial charge in [-0.3, -0.25) is 0 Å². The van der Waals surface area contributed by atoms with Gasteiger partial charge in [-0.2, -0.15) is 5.26 Å². The van der Waals surface area contributed by atoms with Crippen LogP contribution in [-0.4, -0.2) is 22.6 Å². The highest BCUT2D eigenvalue weighted by atomic mass is 32.1. The van der Waals surface area contributed by atoms with E-state index in [1.807, 2.05) is 6.07 Å². The zero-order valence-corrected chi connectivity index (χ0v) is 14.9. The molecule has 27 heavy (non-hydrogen) atoms. The lowest BCUT2D eigenvalue weighted by Crippen LogP contribution is -2.27. The number of hydrogen-bond acceptors (Lipinski definition) is 4. The molecule has 0 saturated heterocycles. The number of thiol groups is 1. The van der Waals surface area contributed by atoms with Crippen LogP contribution < -0.4 is 0 Å². The van der Waals surface area contributed by atoms with Crippen molar-refractivity contribution in [3.8, 4) is 6.07 Å². The molecule has 2 aliphatic carbocycles. The van der Waals surface area contributed by atoms with E-state index in [1.54, 1.807) is 12.1 Å². The van der Waals surface area contributed by atoms with Crippen LogP contribution in [0.2, 0.25) is 0 Å². The highest BCUT2D eigenvalue weighted by molar-refractivity contribution is 7.80. The highest BCUT2D eigenvalue weighted by Crippen LogP contribution is 2.49. The zero-order chi connectivity index (χ0) is 19.5. The van der Waals surface area contributed by atoms with Gasteiger partial charge in [-0.05, 0) is 46.9 Å². The summed E-state index contributed by atoms with van der Waals surface area (Å²) in [6.07, 6.45) is -6.17. The smallest absolute Gasteiger partial charge is 0.134 e. The number of aliphatic hydroxyl groups is 2. The molecule has 0 saturated carbocycles. The van der Waals surface area contributed by atoms with E-state index < -0.39 is 36.3 Å². The van der Waals surface area contributed by atoms with Crippen molar-refractivity contribution in [3.05, 3.63) is 63.5 Å². The van der Waals surface area contributed by atoms with E-state index in [-0.39, 0.29) is 24.0 Å². The van der Waals surface area contributed by atoms with E-state index in [0.717, 1.165) is 12.1 Å². The number of rotatable bonds is 1. The summed E-state index contributed by atoms with van der Waals surface area (Å²) in [5.41, 5.74) is 1.88. The summed E-state index contributed by atoms with van der Waals surface area (Å²) in [7, 11) is 0. The fourth-order valence-electron chi connectivity index (χ4n) is 4.36. The predicted molar refractivity (Wildman–Crippen MR) is 94.7 cm³/mol. The van der Waals surface area contributed by atoms with E-state index in [1.165, 1.54) is 0 Å². The minimum atomic E-state index is -1.66. The lowest BCUT2D eigenvalue weighted by Gasteiger charge is -2.33. The molecule has 2 aliphatic rings. The molecule has 0 fully saturated rings. The molecule has 0 heterocycles. The van der Waals surface area contributed by atoms with Gasteiger partial charge in [-0.25, -0.2) is 13.2 Å². The maximum atomic E-state index is 14.5. The van der Waals surface area contributed by atoms with Gasteiger partial charge in [0.05, 0.1) is 11.6 Å². The van der Waals surface area contributed by atoms with Crippen molar-refractivity contribution in [1.82, 2.24) is 0 Å².